The molecule has 0 fully saturated rings. The van der Waals surface area contributed by atoms with E-state index in [-0.39, 0.29) is 6.61 Å². The Morgan fingerprint density at radius 1 is 1.41 bits per heavy atom. The first-order chi connectivity index (χ1) is 8.35. The molecular formula is C11H19N3O3. The van der Waals surface area contributed by atoms with E-state index in [0.717, 1.165) is 31.0 Å². The van der Waals surface area contributed by atoms with Crippen molar-refractivity contribution >= 4 is 0 Å². The number of aliphatic hydroxyl groups excluding tert-OH is 1. The van der Waals surface area contributed by atoms with Gasteiger partial charge in [0.1, 0.15) is 12.4 Å². The molecule has 1 unspecified atom stereocenters. The number of hydrogen-bond acceptors (Lipinski definition) is 5. The van der Waals surface area contributed by atoms with Crippen molar-refractivity contribution in [2.24, 2.45) is 5.92 Å². The second kappa shape index (κ2) is 6.09. The normalized spacial score (nSPS) is 19.3. The van der Waals surface area contributed by atoms with E-state index in [2.05, 4.69) is 14.8 Å². The quantitative estimate of drug-likeness (QED) is 0.710. The van der Waals surface area contributed by atoms with Gasteiger partial charge in [0.25, 0.3) is 0 Å². The molecule has 1 aliphatic rings. The van der Waals surface area contributed by atoms with Crippen LogP contribution in [0, 0.1) is 5.92 Å². The molecule has 0 aliphatic carbocycles. The molecule has 1 aromatic heterocycles. The molecule has 1 N–H and O–H groups in total. The van der Waals surface area contributed by atoms with E-state index in [9.17, 15) is 5.11 Å². The first-order valence-electron chi connectivity index (χ1n) is 5.93. The maximum Gasteiger partial charge on any atom is 0.159 e. The molecule has 0 bridgehead atoms. The fourth-order valence-electron chi connectivity index (χ4n) is 2.01. The highest BCUT2D eigenvalue weighted by Crippen LogP contribution is 2.19. The molecule has 0 saturated heterocycles. The van der Waals surface area contributed by atoms with Gasteiger partial charge < -0.3 is 19.1 Å². The van der Waals surface area contributed by atoms with Crippen LogP contribution in [0.2, 0.25) is 0 Å². The summed E-state index contributed by atoms with van der Waals surface area (Å²) in [7, 11) is 1.65. The number of rotatable bonds is 6. The van der Waals surface area contributed by atoms with E-state index in [0.29, 0.717) is 25.7 Å². The zero-order valence-electron chi connectivity index (χ0n) is 10.1. The van der Waals surface area contributed by atoms with E-state index in [4.69, 9.17) is 9.47 Å². The van der Waals surface area contributed by atoms with Gasteiger partial charge in [0.15, 0.2) is 5.82 Å². The van der Waals surface area contributed by atoms with Gasteiger partial charge in [-0.25, -0.2) is 0 Å². The minimum atomic E-state index is 0.224. The zero-order valence-corrected chi connectivity index (χ0v) is 10.1. The number of aromatic nitrogens is 3. The Kier molecular flexibility index (Phi) is 4.47. The number of hydrogen-bond donors (Lipinski definition) is 1. The summed E-state index contributed by atoms with van der Waals surface area (Å²) < 4.78 is 12.4. The lowest BCUT2D eigenvalue weighted by molar-refractivity contribution is 0.0561. The monoisotopic (exact) mass is 241 g/mol. The molecule has 17 heavy (non-hydrogen) atoms. The Hall–Kier alpha value is -0.980. The SMILES string of the molecule is COCCOCc1nnc2n1CC(CO)CC2. The Balaban J connectivity index is 1.93. The summed E-state index contributed by atoms with van der Waals surface area (Å²) in [5.74, 6) is 2.16. The number of aryl methyl sites for hydroxylation is 1. The molecular weight excluding hydrogens is 222 g/mol. The second-order valence-corrected chi connectivity index (χ2v) is 4.28. The molecule has 6 heteroatoms. The summed E-state index contributed by atoms with van der Waals surface area (Å²) in [5.41, 5.74) is 0. The van der Waals surface area contributed by atoms with E-state index in [1.807, 2.05) is 0 Å². The standard InChI is InChI=1S/C11H19N3O3/c1-16-4-5-17-8-11-13-12-10-3-2-9(7-15)6-14(10)11/h9,15H,2-8H2,1H3. The number of fused-ring (bicyclic) bond motifs is 1. The molecule has 0 spiro atoms. The molecule has 0 radical (unpaired) electrons. The van der Waals surface area contributed by atoms with Crippen LogP contribution in [0.1, 0.15) is 18.1 Å². The Morgan fingerprint density at radius 3 is 3.06 bits per heavy atom. The Bertz CT molecular complexity index is 354. The van der Waals surface area contributed by atoms with Gasteiger partial charge in [-0.05, 0) is 6.42 Å². The molecule has 1 aliphatic heterocycles. The molecule has 2 heterocycles. The summed E-state index contributed by atoms with van der Waals surface area (Å²) >= 11 is 0. The van der Waals surface area contributed by atoms with Crippen LogP contribution in [-0.2, 0) is 29.0 Å². The molecule has 0 amide bonds. The van der Waals surface area contributed by atoms with Gasteiger partial charge >= 0.3 is 0 Å². The van der Waals surface area contributed by atoms with E-state index < -0.39 is 0 Å². The van der Waals surface area contributed by atoms with Gasteiger partial charge in [0.05, 0.1) is 13.2 Å². The summed E-state index contributed by atoms with van der Waals surface area (Å²) in [4.78, 5) is 0. The largest absolute Gasteiger partial charge is 0.396 e. The first kappa shape index (κ1) is 12.5. The maximum atomic E-state index is 9.19. The smallest absolute Gasteiger partial charge is 0.159 e. The third-order valence-corrected chi connectivity index (χ3v) is 3.04. The van der Waals surface area contributed by atoms with Gasteiger partial charge in [-0.1, -0.05) is 0 Å². The highest BCUT2D eigenvalue weighted by Gasteiger charge is 2.22. The molecule has 1 aromatic rings. The highest BCUT2D eigenvalue weighted by molar-refractivity contribution is 4.99. The van der Waals surface area contributed by atoms with Crippen LogP contribution in [-0.4, -0.2) is 46.8 Å². The van der Waals surface area contributed by atoms with Crippen molar-refractivity contribution in [3.8, 4) is 0 Å². The molecule has 0 saturated carbocycles. The molecule has 96 valence electrons. The Labute approximate surface area is 101 Å². The van der Waals surface area contributed by atoms with Crippen molar-refractivity contribution in [1.82, 2.24) is 14.8 Å². The van der Waals surface area contributed by atoms with Crippen molar-refractivity contribution < 1.29 is 14.6 Å². The highest BCUT2D eigenvalue weighted by atomic mass is 16.5. The predicted molar refractivity (Wildman–Crippen MR) is 60.5 cm³/mol. The topological polar surface area (TPSA) is 69.4 Å². The molecule has 1 atom stereocenters. The van der Waals surface area contributed by atoms with Gasteiger partial charge in [-0.2, -0.15) is 0 Å². The van der Waals surface area contributed by atoms with E-state index >= 15 is 0 Å². The third-order valence-electron chi connectivity index (χ3n) is 3.04. The van der Waals surface area contributed by atoms with Crippen LogP contribution >= 0.6 is 0 Å². The maximum absolute atomic E-state index is 9.19. The van der Waals surface area contributed by atoms with Crippen molar-refractivity contribution in [3.05, 3.63) is 11.6 Å². The van der Waals surface area contributed by atoms with Crippen molar-refractivity contribution in [1.29, 1.82) is 0 Å². The summed E-state index contributed by atoms with van der Waals surface area (Å²) in [5, 5.41) is 17.5. The fourth-order valence-corrected chi connectivity index (χ4v) is 2.01. The number of aliphatic hydroxyl groups is 1. The number of nitrogens with zero attached hydrogens (tertiary/aromatic N) is 3. The molecule has 0 aromatic carbocycles. The van der Waals surface area contributed by atoms with Crippen molar-refractivity contribution in [2.45, 2.75) is 26.0 Å². The Morgan fingerprint density at radius 2 is 2.29 bits per heavy atom. The van der Waals surface area contributed by atoms with Crippen LogP contribution in [0.25, 0.3) is 0 Å². The van der Waals surface area contributed by atoms with Crippen LogP contribution in [0.3, 0.4) is 0 Å². The van der Waals surface area contributed by atoms with Crippen LogP contribution < -0.4 is 0 Å². The van der Waals surface area contributed by atoms with Gasteiger partial charge in [0.2, 0.25) is 0 Å². The fraction of sp³-hybridized carbons (Fsp3) is 0.818. The third kappa shape index (κ3) is 3.02. The van der Waals surface area contributed by atoms with Crippen LogP contribution in [0.5, 0.6) is 0 Å². The minimum absolute atomic E-state index is 0.224. The molecule has 2 rings (SSSR count). The number of methoxy groups -OCH3 is 1. The first-order valence-corrected chi connectivity index (χ1v) is 5.93. The van der Waals surface area contributed by atoms with E-state index in [1.165, 1.54) is 0 Å². The van der Waals surface area contributed by atoms with Gasteiger partial charge in [-0.3, -0.25) is 0 Å². The lowest BCUT2D eigenvalue weighted by atomic mass is 10.0. The summed E-state index contributed by atoms with van der Waals surface area (Å²) in [6.07, 6.45) is 1.87. The minimum Gasteiger partial charge on any atom is -0.396 e. The van der Waals surface area contributed by atoms with Crippen molar-refractivity contribution in [2.75, 3.05) is 26.9 Å². The zero-order chi connectivity index (χ0) is 12.1. The lowest BCUT2D eigenvalue weighted by Gasteiger charge is -2.22. The molecule has 6 nitrogen and oxygen atoms in total. The van der Waals surface area contributed by atoms with Gasteiger partial charge in [0, 0.05) is 32.6 Å². The van der Waals surface area contributed by atoms with Crippen LogP contribution in [0.15, 0.2) is 0 Å². The van der Waals surface area contributed by atoms with Crippen molar-refractivity contribution in [3.63, 3.8) is 0 Å². The lowest BCUT2D eigenvalue weighted by Crippen LogP contribution is -2.24. The predicted octanol–water partition coefficient (Wildman–Crippen LogP) is -0.00420. The summed E-state index contributed by atoms with van der Waals surface area (Å²) in [6, 6.07) is 0. The van der Waals surface area contributed by atoms with Crippen LogP contribution in [0.4, 0.5) is 0 Å². The average Bonchev–Trinajstić information content (AvgIpc) is 2.77. The van der Waals surface area contributed by atoms with Gasteiger partial charge in [-0.15, -0.1) is 10.2 Å². The number of ether oxygens (including phenoxy) is 2. The summed E-state index contributed by atoms with van der Waals surface area (Å²) in [6.45, 7) is 2.61. The second-order valence-electron chi connectivity index (χ2n) is 4.28. The average molecular weight is 241 g/mol. The van der Waals surface area contributed by atoms with E-state index in [1.54, 1.807) is 7.11 Å².